The van der Waals surface area contributed by atoms with E-state index in [0.717, 1.165) is 61.9 Å². The van der Waals surface area contributed by atoms with Crippen molar-refractivity contribution in [3.8, 4) is 11.3 Å². The van der Waals surface area contributed by atoms with Gasteiger partial charge in [-0.2, -0.15) is 0 Å². The Morgan fingerprint density at radius 3 is 2.53 bits per heavy atom. The minimum atomic E-state index is -0.277. The fraction of sp³-hybridized carbons (Fsp3) is 0.429. The van der Waals surface area contributed by atoms with Crippen LogP contribution in [0.1, 0.15) is 6.42 Å². The zero-order chi connectivity index (χ0) is 26.7. The SMILES string of the molecule is CN(C)CCNC(=O)CNCCCn1c(-c2ccc(N3CCOCC3)cc2)cs/c1=N\c1ccc(F)cc1. The van der Waals surface area contributed by atoms with E-state index in [0.29, 0.717) is 25.3 Å². The van der Waals surface area contributed by atoms with Gasteiger partial charge in [-0.15, -0.1) is 11.3 Å². The van der Waals surface area contributed by atoms with Crippen LogP contribution in [-0.4, -0.2) is 82.0 Å². The quantitative estimate of drug-likeness (QED) is 0.346. The maximum atomic E-state index is 13.4. The second-order valence-corrected chi connectivity index (χ2v) is 10.3. The summed E-state index contributed by atoms with van der Waals surface area (Å²) in [4.78, 5) is 22.1. The van der Waals surface area contributed by atoms with Crippen LogP contribution in [0.15, 0.2) is 58.9 Å². The molecule has 10 heteroatoms. The molecule has 0 unspecified atom stereocenters. The number of ether oxygens (including phenoxy) is 1. The molecular weight excluding hydrogens is 503 g/mol. The van der Waals surface area contributed by atoms with Crippen molar-refractivity contribution in [2.24, 2.45) is 4.99 Å². The molecule has 1 aromatic heterocycles. The van der Waals surface area contributed by atoms with Crippen molar-refractivity contribution in [2.75, 3.05) is 71.5 Å². The number of benzene rings is 2. The lowest BCUT2D eigenvalue weighted by Crippen LogP contribution is -2.37. The number of thiazole rings is 1. The summed E-state index contributed by atoms with van der Waals surface area (Å²) in [6, 6.07) is 14.9. The highest BCUT2D eigenvalue weighted by molar-refractivity contribution is 7.07. The molecule has 8 nitrogen and oxygen atoms in total. The number of rotatable bonds is 12. The third kappa shape index (κ3) is 8.22. The zero-order valence-corrected chi connectivity index (χ0v) is 23.0. The van der Waals surface area contributed by atoms with E-state index in [2.05, 4.69) is 49.7 Å². The summed E-state index contributed by atoms with van der Waals surface area (Å²) in [7, 11) is 3.96. The molecule has 2 aromatic carbocycles. The van der Waals surface area contributed by atoms with E-state index < -0.39 is 0 Å². The molecule has 0 aliphatic carbocycles. The predicted molar refractivity (Wildman–Crippen MR) is 151 cm³/mol. The van der Waals surface area contributed by atoms with E-state index in [1.54, 1.807) is 23.5 Å². The van der Waals surface area contributed by atoms with Gasteiger partial charge in [0.15, 0.2) is 4.80 Å². The van der Waals surface area contributed by atoms with Crippen LogP contribution in [0.3, 0.4) is 0 Å². The van der Waals surface area contributed by atoms with Gasteiger partial charge in [0.25, 0.3) is 0 Å². The first kappa shape index (κ1) is 28.0. The van der Waals surface area contributed by atoms with Crippen LogP contribution in [0.2, 0.25) is 0 Å². The molecule has 1 aliphatic heterocycles. The molecule has 0 saturated carbocycles. The number of hydrogen-bond acceptors (Lipinski definition) is 7. The van der Waals surface area contributed by atoms with Crippen molar-refractivity contribution in [2.45, 2.75) is 13.0 Å². The lowest BCUT2D eigenvalue weighted by Gasteiger charge is -2.28. The van der Waals surface area contributed by atoms with Crippen molar-refractivity contribution in [3.63, 3.8) is 0 Å². The third-order valence-corrected chi connectivity index (χ3v) is 7.15. The molecule has 4 rings (SSSR count). The molecular formula is C28H37FN6O2S. The molecule has 1 fully saturated rings. The van der Waals surface area contributed by atoms with Gasteiger partial charge in [0.2, 0.25) is 5.91 Å². The lowest BCUT2D eigenvalue weighted by molar-refractivity contribution is -0.120. The largest absolute Gasteiger partial charge is 0.378 e. The summed E-state index contributed by atoms with van der Waals surface area (Å²) in [6.07, 6.45) is 0.831. The first-order chi connectivity index (χ1) is 18.5. The zero-order valence-electron chi connectivity index (χ0n) is 22.2. The average molecular weight is 541 g/mol. The summed E-state index contributed by atoms with van der Waals surface area (Å²) >= 11 is 1.57. The Hall–Kier alpha value is -3.05. The van der Waals surface area contributed by atoms with Gasteiger partial charge in [-0.1, -0.05) is 12.1 Å². The van der Waals surface area contributed by atoms with Gasteiger partial charge < -0.3 is 29.7 Å². The summed E-state index contributed by atoms with van der Waals surface area (Å²) in [6.45, 7) is 6.51. The van der Waals surface area contributed by atoms with Crippen molar-refractivity contribution in [1.29, 1.82) is 0 Å². The number of anilines is 1. The first-order valence-electron chi connectivity index (χ1n) is 13.0. The highest BCUT2D eigenvalue weighted by atomic mass is 32.1. The van der Waals surface area contributed by atoms with Crippen LogP contribution in [0, 0.1) is 5.82 Å². The molecule has 2 heterocycles. The standard InChI is InChI=1S/C28H37FN6O2S/c1-33(2)15-13-31-27(36)20-30-12-3-14-35-26(21-38-28(35)32-24-8-6-23(29)7-9-24)22-4-10-25(11-5-22)34-16-18-37-19-17-34/h4-11,21,30H,3,12-20H2,1-2H3,(H,31,36)/b32-28-. The second-order valence-electron chi connectivity index (χ2n) is 9.47. The van der Waals surface area contributed by atoms with Crippen LogP contribution < -0.4 is 20.3 Å². The molecule has 204 valence electrons. The molecule has 1 saturated heterocycles. The van der Waals surface area contributed by atoms with Crippen molar-refractivity contribution >= 4 is 28.6 Å². The summed E-state index contributed by atoms with van der Waals surface area (Å²) in [5.74, 6) is -0.274. The number of aromatic nitrogens is 1. The van der Waals surface area contributed by atoms with Crippen LogP contribution >= 0.6 is 11.3 Å². The Labute approximate surface area is 227 Å². The van der Waals surface area contributed by atoms with Crippen molar-refractivity contribution in [1.82, 2.24) is 20.1 Å². The van der Waals surface area contributed by atoms with Crippen LogP contribution in [0.4, 0.5) is 15.8 Å². The van der Waals surface area contributed by atoms with Crippen LogP contribution in [0.25, 0.3) is 11.3 Å². The van der Waals surface area contributed by atoms with Crippen molar-refractivity contribution < 1.29 is 13.9 Å². The smallest absolute Gasteiger partial charge is 0.234 e. The third-order valence-electron chi connectivity index (χ3n) is 6.29. The molecule has 0 bridgehead atoms. The molecule has 3 aromatic rings. The lowest BCUT2D eigenvalue weighted by atomic mass is 10.1. The molecule has 1 amide bonds. The average Bonchev–Trinajstić information content (AvgIpc) is 3.32. The minimum absolute atomic E-state index is 0.00285. The number of morpholine rings is 1. The number of likely N-dealkylation sites (N-methyl/N-ethyl adjacent to an activating group) is 1. The summed E-state index contributed by atoms with van der Waals surface area (Å²) in [5.41, 5.74) is 4.12. The van der Waals surface area contributed by atoms with Gasteiger partial charge in [-0.3, -0.25) is 4.79 Å². The van der Waals surface area contributed by atoms with Gasteiger partial charge >= 0.3 is 0 Å². The van der Waals surface area contributed by atoms with Gasteiger partial charge in [-0.05, 0) is 69.0 Å². The topological polar surface area (TPSA) is 74.1 Å². The van der Waals surface area contributed by atoms with E-state index in [4.69, 9.17) is 9.73 Å². The normalized spacial score (nSPS) is 14.3. The Bertz CT molecular complexity index is 1220. The maximum absolute atomic E-state index is 13.4. The van der Waals surface area contributed by atoms with Crippen LogP contribution in [0.5, 0.6) is 0 Å². The Morgan fingerprint density at radius 1 is 1.08 bits per heavy atom. The monoisotopic (exact) mass is 540 g/mol. The summed E-state index contributed by atoms with van der Waals surface area (Å²) < 4.78 is 21.1. The number of nitrogens with one attached hydrogen (secondary N) is 2. The fourth-order valence-corrected chi connectivity index (χ4v) is 5.16. The highest BCUT2D eigenvalue weighted by Gasteiger charge is 2.13. The van der Waals surface area contributed by atoms with Crippen molar-refractivity contribution in [3.05, 3.63) is 64.5 Å². The summed E-state index contributed by atoms with van der Waals surface area (Å²) in [5, 5.41) is 8.28. The maximum Gasteiger partial charge on any atom is 0.234 e. The molecule has 0 spiro atoms. The number of carbonyl (C=O) groups excluding carboxylic acids is 1. The van der Waals surface area contributed by atoms with E-state index in [-0.39, 0.29) is 11.7 Å². The Kier molecular flexibility index (Phi) is 10.5. The highest BCUT2D eigenvalue weighted by Crippen LogP contribution is 2.25. The number of carbonyl (C=O) groups is 1. The van der Waals surface area contributed by atoms with E-state index in [9.17, 15) is 9.18 Å². The van der Waals surface area contributed by atoms with Gasteiger partial charge in [0.1, 0.15) is 5.82 Å². The van der Waals surface area contributed by atoms with E-state index >= 15 is 0 Å². The number of hydrogen-bond donors (Lipinski definition) is 2. The molecule has 0 radical (unpaired) electrons. The van der Waals surface area contributed by atoms with Gasteiger partial charge in [0.05, 0.1) is 31.1 Å². The molecule has 38 heavy (non-hydrogen) atoms. The fourth-order valence-electron chi connectivity index (χ4n) is 4.20. The Balaban J connectivity index is 1.44. The Morgan fingerprint density at radius 2 is 1.82 bits per heavy atom. The molecule has 2 N–H and O–H groups in total. The van der Waals surface area contributed by atoms with Crippen LogP contribution in [-0.2, 0) is 16.1 Å². The van der Waals surface area contributed by atoms with E-state index in [1.165, 1.54) is 17.8 Å². The van der Waals surface area contributed by atoms with Gasteiger partial charge in [-0.25, -0.2) is 9.38 Å². The number of amides is 1. The molecule has 1 aliphatic rings. The van der Waals surface area contributed by atoms with Gasteiger partial charge in [0, 0.05) is 43.8 Å². The minimum Gasteiger partial charge on any atom is -0.378 e. The second kappa shape index (κ2) is 14.2. The van der Waals surface area contributed by atoms with E-state index in [1.807, 2.05) is 19.0 Å². The molecule has 0 atom stereocenters. The number of halogens is 1. The predicted octanol–water partition coefficient (Wildman–Crippen LogP) is 3.08. The first-order valence-corrected chi connectivity index (χ1v) is 13.9. The number of nitrogens with zero attached hydrogens (tertiary/aromatic N) is 4.